The van der Waals surface area contributed by atoms with Crippen LogP contribution in [0, 0.1) is 5.92 Å². The maximum absolute atomic E-state index is 14.0. The molecule has 0 aromatic carbocycles. The second kappa shape index (κ2) is 4.94. The van der Waals surface area contributed by atoms with E-state index in [1.807, 2.05) is 6.92 Å². The van der Waals surface area contributed by atoms with Gasteiger partial charge in [0.15, 0.2) is 0 Å². The van der Waals surface area contributed by atoms with Gasteiger partial charge in [-0.25, -0.2) is 4.39 Å². The Labute approximate surface area is 80.9 Å². The molecule has 1 aliphatic carbocycles. The van der Waals surface area contributed by atoms with E-state index in [1.54, 1.807) is 0 Å². The van der Waals surface area contributed by atoms with Crippen molar-refractivity contribution in [2.75, 3.05) is 6.54 Å². The first-order valence-corrected chi connectivity index (χ1v) is 5.59. The number of hydrogen-bond donors (Lipinski definition) is 1. The predicted octanol–water partition coefficient (Wildman–Crippen LogP) is 3.03. The summed E-state index contributed by atoms with van der Waals surface area (Å²) in [6.45, 7) is 2.23. The van der Waals surface area contributed by atoms with Crippen LogP contribution in [-0.2, 0) is 0 Å². The average molecular weight is 187 g/mol. The minimum atomic E-state index is -1.07. The van der Waals surface area contributed by atoms with Crippen LogP contribution in [0.2, 0.25) is 0 Å². The second-order valence-corrected chi connectivity index (χ2v) is 4.46. The van der Waals surface area contributed by atoms with Gasteiger partial charge in [-0.15, -0.1) is 0 Å². The lowest BCUT2D eigenvalue weighted by Gasteiger charge is -2.26. The molecule has 1 atom stereocenters. The normalized spacial score (nSPS) is 23.3. The van der Waals surface area contributed by atoms with Crippen LogP contribution in [0.15, 0.2) is 0 Å². The molecular formula is C11H22FN. The van der Waals surface area contributed by atoms with E-state index in [0.717, 1.165) is 6.42 Å². The Bertz CT molecular complexity index is 143. The van der Waals surface area contributed by atoms with E-state index in [1.165, 1.54) is 25.7 Å². The van der Waals surface area contributed by atoms with E-state index in [4.69, 9.17) is 5.73 Å². The summed E-state index contributed by atoms with van der Waals surface area (Å²) in [5, 5.41) is 0. The van der Waals surface area contributed by atoms with Crippen molar-refractivity contribution in [1.29, 1.82) is 0 Å². The third-order valence-corrected chi connectivity index (χ3v) is 3.19. The fourth-order valence-corrected chi connectivity index (χ4v) is 2.47. The molecule has 0 aromatic heterocycles. The van der Waals surface area contributed by atoms with E-state index in [0.29, 0.717) is 18.8 Å². The number of alkyl halides is 1. The fourth-order valence-electron chi connectivity index (χ4n) is 2.47. The average Bonchev–Trinajstić information content (AvgIpc) is 2.57. The lowest BCUT2D eigenvalue weighted by Crippen LogP contribution is -2.34. The van der Waals surface area contributed by atoms with Crippen LogP contribution in [-0.4, -0.2) is 12.2 Å². The van der Waals surface area contributed by atoms with Gasteiger partial charge in [-0.3, -0.25) is 0 Å². The topological polar surface area (TPSA) is 26.0 Å². The molecule has 0 amide bonds. The predicted molar refractivity (Wildman–Crippen MR) is 54.4 cm³/mol. The van der Waals surface area contributed by atoms with Crippen molar-refractivity contribution in [2.45, 2.75) is 57.5 Å². The van der Waals surface area contributed by atoms with E-state index < -0.39 is 5.67 Å². The van der Waals surface area contributed by atoms with E-state index in [2.05, 4.69) is 0 Å². The molecule has 1 saturated carbocycles. The Balaban J connectivity index is 2.36. The minimum Gasteiger partial charge on any atom is -0.328 e. The van der Waals surface area contributed by atoms with E-state index in [9.17, 15) is 4.39 Å². The summed E-state index contributed by atoms with van der Waals surface area (Å²) in [6.07, 6.45) is 7.26. The van der Waals surface area contributed by atoms with Gasteiger partial charge in [0.1, 0.15) is 5.67 Å². The number of rotatable bonds is 5. The van der Waals surface area contributed by atoms with Crippen LogP contribution in [0.1, 0.15) is 51.9 Å². The van der Waals surface area contributed by atoms with Gasteiger partial charge in [0.2, 0.25) is 0 Å². The Morgan fingerprint density at radius 2 is 2.00 bits per heavy atom. The first-order valence-electron chi connectivity index (χ1n) is 5.59. The molecular weight excluding hydrogens is 165 g/mol. The van der Waals surface area contributed by atoms with Gasteiger partial charge in [-0.2, -0.15) is 0 Å². The SMILES string of the molecule is CCCC(F)(CN)CC1CCCC1. The maximum Gasteiger partial charge on any atom is 0.123 e. The van der Waals surface area contributed by atoms with E-state index >= 15 is 0 Å². The smallest absolute Gasteiger partial charge is 0.123 e. The number of nitrogens with two attached hydrogens (primary N) is 1. The molecule has 1 fully saturated rings. The molecule has 1 rings (SSSR count). The molecule has 0 aliphatic heterocycles. The molecule has 0 aromatic rings. The molecule has 0 bridgehead atoms. The summed E-state index contributed by atoms with van der Waals surface area (Å²) in [5.74, 6) is 0.611. The van der Waals surface area contributed by atoms with Crippen molar-refractivity contribution >= 4 is 0 Å². The van der Waals surface area contributed by atoms with Gasteiger partial charge >= 0.3 is 0 Å². The molecule has 0 saturated heterocycles. The quantitative estimate of drug-likeness (QED) is 0.703. The monoisotopic (exact) mass is 187 g/mol. The van der Waals surface area contributed by atoms with E-state index in [-0.39, 0.29) is 6.54 Å². The maximum atomic E-state index is 14.0. The molecule has 1 unspecified atom stereocenters. The van der Waals surface area contributed by atoms with Crippen LogP contribution < -0.4 is 5.73 Å². The van der Waals surface area contributed by atoms with Crippen molar-refractivity contribution in [3.63, 3.8) is 0 Å². The molecule has 2 heteroatoms. The first-order chi connectivity index (χ1) is 6.20. The molecule has 0 spiro atoms. The number of halogens is 1. The Morgan fingerprint density at radius 1 is 1.38 bits per heavy atom. The summed E-state index contributed by atoms with van der Waals surface area (Å²) >= 11 is 0. The standard InChI is InChI=1S/C11H22FN/c1-2-7-11(12,9-13)8-10-5-3-4-6-10/h10H,2-9,13H2,1H3. The van der Waals surface area contributed by atoms with Crippen molar-refractivity contribution < 1.29 is 4.39 Å². The van der Waals surface area contributed by atoms with Crippen LogP contribution in [0.3, 0.4) is 0 Å². The molecule has 0 radical (unpaired) electrons. The van der Waals surface area contributed by atoms with Crippen LogP contribution in [0.4, 0.5) is 4.39 Å². The van der Waals surface area contributed by atoms with Crippen LogP contribution >= 0.6 is 0 Å². The van der Waals surface area contributed by atoms with Gasteiger partial charge in [0, 0.05) is 6.54 Å². The van der Waals surface area contributed by atoms with Gasteiger partial charge in [0.25, 0.3) is 0 Å². The molecule has 13 heavy (non-hydrogen) atoms. The van der Waals surface area contributed by atoms with Crippen molar-refractivity contribution in [2.24, 2.45) is 11.7 Å². The Morgan fingerprint density at radius 3 is 2.46 bits per heavy atom. The molecule has 78 valence electrons. The largest absolute Gasteiger partial charge is 0.328 e. The van der Waals surface area contributed by atoms with Gasteiger partial charge in [0.05, 0.1) is 0 Å². The number of hydrogen-bond acceptors (Lipinski definition) is 1. The van der Waals surface area contributed by atoms with Crippen molar-refractivity contribution in [3.05, 3.63) is 0 Å². The highest BCUT2D eigenvalue weighted by molar-refractivity contribution is 4.84. The van der Waals surface area contributed by atoms with Crippen LogP contribution in [0.5, 0.6) is 0 Å². The Kier molecular flexibility index (Phi) is 4.17. The first kappa shape index (κ1) is 11.0. The Hall–Kier alpha value is -0.110. The van der Waals surface area contributed by atoms with Crippen molar-refractivity contribution in [1.82, 2.24) is 0 Å². The third kappa shape index (κ3) is 3.26. The summed E-state index contributed by atoms with van der Waals surface area (Å²) in [4.78, 5) is 0. The molecule has 1 aliphatic rings. The van der Waals surface area contributed by atoms with Gasteiger partial charge in [-0.05, 0) is 18.8 Å². The van der Waals surface area contributed by atoms with Crippen LogP contribution in [0.25, 0.3) is 0 Å². The van der Waals surface area contributed by atoms with Gasteiger partial charge < -0.3 is 5.73 Å². The summed E-state index contributed by atoms with van der Waals surface area (Å²) in [5.41, 5.74) is 4.43. The zero-order valence-electron chi connectivity index (χ0n) is 8.69. The lowest BCUT2D eigenvalue weighted by molar-refractivity contribution is 0.120. The third-order valence-electron chi connectivity index (χ3n) is 3.19. The fraction of sp³-hybridized carbons (Fsp3) is 1.00. The second-order valence-electron chi connectivity index (χ2n) is 4.46. The van der Waals surface area contributed by atoms with Gasteiger partial charge in [-0.1, -0.05) is 39.0 Å². The highest BCUT2D eigenvalue weighted by atomic mass is 19.1. The lowest BCUT2D eigenvalue weighted by atomic mass is 9.87. The minimum absolute atomic E-state index is 0.206. The highest BCUT2D eigenvalue weighted by Gasteiger charge is 2.31. The molecule has 1 nitrogen and oxygen atoms in total. The summed E-state index contributed by atoms with van der Waals surface area (Å²) in [7, 11) is 0. The van der Waals surface area contributed by atoms with Crippen molar-refractivity contribution in [3.8, 4) is 0 Å². The zero-order chi connectivity index (χ0) is 9.73. The zero-order valence-corrected chi connectivity index (χ0v) is 8.69. The molecule has 0 heterocycles. The highest BCUT2D eigenvalue weighted by Crippen LogP contribution is 2.35. The molecule has 2 N–H and O–H groups in total. The summed E-state index contributed by atoms with van der Waals surface area (Å²) in [6, 6.07) is 0. The summed E-state index contributed by atoms with van der Waals surface area (Å²) < 4.78 is 14.0.